The minimum absolute atomic E-state index is 0.0981. The summed E-state index contributed by atoms with van der Waals surface area (Å²) in [7, 11) is 0. The fourth-order valence-corrected chi connectivity index (χ4v) is 3.16. The van der Waals surface area contributed by atoms with Crippen LogP contribution in [-0.4, -0.2) is 36.5 Å². The Hall–Kier alpha value is -0.870. The molecule has 4 heteroatoms. The maximum Gasteiger partial charge on any atom is 0.252 e. The van der Waals surface area contributed by atoms with E-state index in [9.17, 15) is 4.79 Å². The number of thiophene rings is 1. The molecule has 0 aromatic carbocycles. The van der Waals surface area contributed by atoms with Gasteiger partial charge in [0.25, 0.3) is 5.91 Å². The van der Waals surface area contributed by atoms with Crippen molar-refractivity contribution < 1.29 is 4.79 Å². The van der Waals surface area contributed by atoms with Crippen LogP contribution in [0.2, 0.25) is 0 Å². The topological polar surface area (TPSA) is 32.3 Å². The second kappa shape index (κ2) is 6.34. The Balaban J connectivity index is 1.84. The Labute approximate surface area is 113 Å². The van der Waals surface area contributed by atoms with E-state index < -0.39 is 0 Å². The summed E-state index contributed by atoms with van der Waals surface area (Å²) < 4.78 is 0. The largest absolute Gasteiger partial charge is 0.349 e. The molecule has 1 saturated heterocycles. The fraction of sp³-hybridized carbons (Fsp3) is 0.643. The van der Waals surface area contributed by atoms with Gasteiger partial charge in [0, 0.05) is 29.4 Å². The average molecular weight is 266 g/mol. The first-order valence-electron chi connectivity index (χ1n) is 6.83. The minimum atomic E-state index is 0.0981. The quantitative estimate of drug-likeness (QED) is 0.908. The Morgan fingerprint density at radius 3 is 2.72 bits per heavy atom. The van der Waals surface area contributed by atoms with Gasteiger partial charge in [-0.3, -0.25) is 4.79 Å². The van der Waals surface area contributed by atoms with Crippen LogP contribution in [0.3, 0.4) is 0 Å². The lowest BCUT2D eigenvalue weighted by Crippen LogP contribution is -2.44. The second-order valence-corrected chi connectivity index (χ2v) is 5.83. The molecule has 1 aromatic rings. The molecule has 18 heavy (non-hydrogen) atoms. The third-order valence-corrected chi connectivity index (χ3v) is 4.72. The van der Waals surface area contributed by atoms with Crippen molar-refractivity contribution in [2.45, 2.75) is 39.2 Å². The zero-order valence-corrected chi connectivity index (χ0v) is 12.1. The number of carbonyl (C=O) groups is 1. The highest BCUT2D eigenvalue weighted by Gasteiger charge is 2.20. The van der Waals surface area contributed by atoms with E-state index in [1.807, 2.05) is 11.4 Å². The minimum Gasteiger partial charge on any atom is -0.349 e. The van der Waals surface area contributed by atoms with E-state index in [0.29, 0.717) is 6.04 Å². The third kappa shape index (κ3) is 3.33. The molecular formula is C14H22N2OS. The standard InChI is InChI=1S/C14H22N2OS/c1-3-13-9-11(10-18-13)14(17)15-12-5-7-16(4-2)8-6-12/h9-10,12H,3-8H2,1-2H3,(H,15,17). The molecule has 0 saturated carbocycles. The van der Waals surface area contributed by atoms with Crippen LogP contribution in [-0.2, 0) is 6.42 Å². The monoisotopic (exact) mass is 266 g/mol. The molecule has 2 rings (SSSR count). The molecule has 2 heterocycles. The first-order chi connectivity index (χ1) is 8.72. The highest BCUT2D eigenvalue weighted by atomic mass is 32.1. The summed E-state index contributed by atoms with van der Waals surface area (Å²) >= 11 is 1.67. The van der Waals surface area contributed by atoms with Gasteiger partial charge < -0.3 is 10.2 Å². The summed E-state index contributed by atoms with van der Waals surface area (Å²) in [5.41, 5.74) is 0.828. The normalized spacial score (nSPS) is 17.9. The summed E-state index contributed by atoms with van der Waals surface area (Å²) in [6.07, 6.45) is 3.15. The zero-order valence-electron chi connectivity index (χ0n) is 11.2. The van der Waals surface area contributed by atoms with Crippen molar-refractivity contribution in [2.75, 3.05) is 19.6 Å². The summed E-state index contributed by atoms with van der Waals surface area (Å²) in [6.45, 7) is 7.63. The molecule has 0 bridgehead atoms. The van der Waals surface area contributed by atoms with E-state index in [1.165, 1.54) is 4.88 Å². The molecule has 1 N–H and O–H groups in total. The molecule has 1 aromatic heterocycles. The molecule has 1 aliphatic rings. The van der Waals surface area contributed by atoms with E-state index in [2.05, 4.69) is 24.1 Å². The van der Waals surface area contributed by atoms with Crippen LogP contribution < -0.4 is 5.32 Å². The lowest BCUT2D eigenvalue weighted by atomic mass is 10.0. The van der Waals surface area contributed by atoms with Crippen LogP contribution >= 0.6 is 11.3 Å². The molecule has 1 aliphatic heterocycles. The predicted octanol–water partition coefficient (Wildman–Crippen LogP) is 2.52. The number of aryl methyl sites for hydroxylation is 1. The van der Waals surface area contributed by atoms with Gasteiger partial charge in [0.1, 0.15) is 0 Å². The van der Waals surface area contributed by atoms with Crippen LogP contribution in [0.4, 0.5) is 0 Å². The number of rotatable bonds is 4. The van der Waals surface area contributed by atoms with Crippen LogP contribution in [0.25, 0.3) is 0 Å². The van der Waals surface area contributed by atoms with Gasteiger partial charge in [-0.2, -0.15) is 0 Å². The highest BCUT2D eigenvalue weighted by molar-refractivity contribution is 7.10. The number of nitrogens with one attached hydrogen (secondary N) is 1. The molecule has 0 spiro atoms. The predicted molar refractivity (Wildman–Crippen MR) is 76.3 cm³/mol. The first kappa shape index (κ1) is 13.6. The molecule has 0 aliphatic carbocycles. The lowest BCUT2D eigenvalue weighted by Gasteiger charge is -2.31. The van der Waals surface area contributed by atoms with Crippen molar-refractivity contribution in [1.82, 2.24) is 10.2 Å². The summed E-state index contributed by atoms with van der Waals surface area (Å²) in [4.78, 5) is 15.8. The van der Waals surface area contributed by atoms with Crippen molar-refractivity contribution >= 4 is 17.2 Å². The van der Waals surface area contributed by atoms with E-state index in [1.54, 1.807) is 11.3 Å². The maximum atomic E-state index is 12.1. The van der Waals surface area contributed by atoms with Crippen molar-refractivity contribution in [3.63, 3.8) is 0 Å². The van der Waals surface area contributed by atoms with E-state index in [-0.39, 0.29) is 5.91 Å². The van der Waals surface area contributed by atoms with Gasteiger partial charge in [-0.15, -0.1) is 11.3 Å². The van der Waals surface area contributed by atoms with Gasteiger partial charge in [-0.1, -0.05) is 13.8 Å². The highest BCUT2D eigenvalue weighted by Crippen LogP contribution is 2.16. The Bertz CT molecular complexity index is 394. The maximum absolute atomic E-state index is 12.1. The van der Waals surface area contributed by atoms with Crippen LogP contribution in [0.1, 0.15) is 41.9 Å². The molecule has 100 valence electrons. The van der Waals surface area contributed by atoms with Gasteiger partial charge in [-0.25, -0.2) is 0 Å². The Morgan fingerprint density at radius 2 is 2.17 bits per heavy atom. The number of carbonyl (C=O) groups excluding carboxylic acids is 1. The summed E-state index contributed by atoms with van der Waals surface area (Å²) in [5.74, 6) is 0.0981. The fourth-order valence-electron chi connectivity index (χ4n) is 2.35. The van der Waals surface area contributed by atoms with E-state index in [0.717, 1.165) is 44.5 Å². The number of nitrogens with zero attached hydrogens (tertiary/aromatic N) is 1. The number of hydrogen-bond acceptors (Lipinski definition) is 3. The van der Waals surface area contributed by atoms with E-state index >= 15 is 0 Å². The van der Waals surface area contributed by atoms with Crippen molar-refractivity contribution in [2.24, 2.45) is 0 Å². The van der Waals surface area contributed by atoms with Crippen molar-refractivity contribution in [3.05, 3.63) is 21.9 Å². The molecule has 0 radical (unpaired) electrons. The van der Waals surface area contributed by atoms with Gasteiger partial charge in [0.15, 0.2) is 0 Å². The van der Waals surface area contributed by atoms with Crippen LogP contribution in [0.5, 0.6) is 0 Å². The van der Waals surface area contributed by atoms with Gasteiger partial charge >= 0.3 is 0 Å². The number of amides is 1. The molecule has 0 unspecified atom stereocenters. The van der Waals surface area contributed by atoms with Crippen molar-refractivity contribution in [3.8, 4) is 0 Å². The molecule has 1 amide bonds. The smallest absolute Gasteiger partial charge is 0.252 e. The Kier molecular flexibility index (Phi) is 4.78. The van der Waals surface area contributed by atoms with Crippen molar-refractivity contribution in [1.29, 1.82) is 0 Å². The summed E-state index contributed by atoms with van der Waals surface area (Å²) in [6, 6.07) is 2.37. The SMILES string of the molecule is CCc1cc(C(=O)NC2CCN(CC)CC2)cs1. The molecule has 3 nitrogen and oxygen atoms in total. The van der Waals surface area contributed by atoms with Gasteiger partial charge in [0.2, 0.25) is 0 Å². The number of hydrogen-bond donors (Lipinski definition) is 1. The molecule has 0 atom stereocenters. The van der Waals surface area contributed by atoms with Crippen LogP contribution in [0, 0.1) is 0 Å². The third-order valence-electron chi connectivity index (χ3n) is 3.63. The summed E-state index contributed by atoms with van der Waals surface area (Å²) in [5, 5.41) is 5.13. The number of likely N-dealkylation sites (tertiary alicyclic amines) is 1. The van der Waals surface area contributed by atoms with Gasteiger partial charge in [-0.05, 0) is 31.9 Å². The second-order valence-electron chi connectivity index (χ2n) is 4.84. The Morgan fingerprint density at radius 1 is 1.44 bits per heavy atom. The zero-order chi connectivity index (χ0) is 13.0. The number of piperidine rings is 1. The van der Waals surface area contributed by atoms with Gasteiger partial charge in [0.05, 0.1) is 5.56 Å². The molecule has 1 fully saturated rings. The average Bonchev–Trinajstić information content (AvgIpc) is 2.88. The molecular weight excluding hydrogens is 244 g/mol. The lowest BCUT2D eigenvalue weighted by molar-refractivity contribution is 0.0913. The van der Waals surface area contributed by atoms with E-state index in [4.69, 9.17) is 0 Å². The first-order valence-corrected chi connectivity index (χ1v) is 7.71. The van der Waals surface area contributed by atoms with Crippen LogP contribution in [0.15, 0.2) is 11.4 Å².